The van der Waals surface area contributed by atoms with Gasteiger partial charge in [0.2, 0.25) is 0 Å². The van der Waals surface area contributed by atoms with E-state index in [1.165, 1.54) is 10.7 Å². The second kappa shape index (κ2) is 8.15. The summed E-state index contributed by atoms with van der Waals surface area (Å²) in [6.45, 7) is 2.39. The van der Waals surface area contributed by atoms with Gasteiger partial charge in [0.05, 0.1) is 12.8 Å². The van der Waals surface area contributed by atoms with Crippen molar-refractivity contribution in [1.82, 2.24) is 15.1 Å². The summed E-state index contributed by atoms with van der Waals surface area (Å²) < 4.78 is 12.0. The molecule has 2 heterocycles. The predicted molar refractivity (Wildman–Crippen MR) is 95.9 cm³/mol. The van der Waals surface area contributed by atoms with E-state index in [-0.39, 0.29) is 31.2 Å². The number of benzene rings is 1. The molecule has 0 saturated heterocycles. The maximum Gasteiger partial charge on any atom is 0.266 e. The third-order valence-corrected chi connectivity index (χ3v) is 3.65. The molecule has 134 valence electrons. The lowest BCUT2D eigenvalue weighted by atomic mass is 10.2. The van der Waals surface area contributed by atoms with Gasteiger partial charge in [-0.05, 0) is 42.8 Å². The summed E-state index contributed by atoms with van der Waals surface area (Å²) in [5.74, 6) is 0.959. The number of furan rings is 1. The summed E-state index contributed by atoms with van der Waals surface area (Å²) in [4.78, 5) is 23.8. The summed E-state index contributed by atoms with van der Waals surface area (Å²) >= 11 is 0. The lowest BCUT2D eigenvalue weighted by molar-refractivity contribution is -0.123. The van der Waals surface area contributed by atoms with Crippen molar-refractivity contribution in [3.05, 3.63) is 70.7 Å². The van der Waals surface area contributed by atoms with Gasteiger partial charge in [0.15, 0.2) is 12.4 Å². The number of aryl methyl sites for hydroxylation is 1. The van der Waals surface area contributed by atoms with E-state index in [1.54, 1.807) is 30.5 Å². The second-order valence-corrected chi connectivity index (χ2v) is 5.71. The fourth-order valence-corrected chi connectivity index (χ4v) is 2.37. The minimum atomic E-state index is -0.262. The lowest BCUT2D eigenvalue weighted by Crippen LogP contribution is -2.34. The largest absolute Gasteiger partial charge is 0.484 e. The minimum absolute atomic E-state index is 0.0851. The van der Waals surface area contributed by atoms with Crippen LogP contribution in [0, 0.1) is 6.92 Å². The van der Waals surface area contributed by atoms with Gasteiger partial charge in [-0.15, -0.1) is 0 Å². The van der Waals surface area contributed by atoms with Crippen molar-refractivity contribution in [2.75, 3.05) is 13.2 Å². The second-order valence-electron chi connectivity index (χ2n) is 5.71. The van der Waals surface area contributed by atoms with Crippen LogP contribution in [-0.2, 0) is 11.3 Å². The molecule has 1 aromatic carbocycles. The minimum Gasteiger partial charge on any atom is -0.484 e. The first-order valence-corrected chi connectivity index (χ1v) is 8.20. The van der Waals surface area contributed by atoms with E-state index < -0.39 is 0 Å². The predicted octanol–water partition coefficient (Wildman–Crippen LogP) is 2.01. The molecule has 0 bridgehead atoms. The maximum absolute atomic E-state index is 11.9. The van der Waals surface area contributed by atoms with Crippen LogP contribution in [0.3, 0.4) is 0 Å². The van der Waals surface area contributed by atoms with E-state index in [0.29, 0.717) is 17.2 Å². The van der Waals surface area contributed by atoms with Crippen LogP contribution < -0.4 is 15.6 Å². The fraction of sp³-hybridized carbons (Fsp3) is 0.211. The summed E-state index contributed by atoms with van der Waals surface area (Å²) in [5.41, 5.74) is 1.37. The molecule has 0 spiro atoms. The maximum atomic E-state index is 11.9. The number of aromatic nitrogens is 2. The van der Waals surface area contributed by atoms with Crippen molar-refractivity contribution in [2.24, 2.45) is 0 Å². The van der Waals surface area contributed by atoms with Crippen LogP contribution >= 0.6 is 0 Å². The molecule has 7 heteroatoms. The molecule has 0 aliphatic carbocycles. The van der Waals surface area contributed by atoms with E-state index in [1.807, 2.05) is 25.1 Å². The Bertz CT molecular complexity index is 932. The van der Waals surface area contributed by atoms with E-state index in [9.17, 15) is 9.59 Å². The Morgan fingerprint density at radius 2 is 2.12 bits per heavy atom. The van der Waals surface area contributed by atoms with Gasteiger partial charge in [0.1, 0.15) is 11.4 Å². The summed E-state index contributed by atoms with van der Waals surface area (Å²) in [6.07, 6.45) is 1.54. The Labute approximate surface area is 150 Å². The third-order valence-electron chi connectivity index (χ3n) is 3.65. The molecule has 0 unspecified atom stereocenters. The molecule has 1 N–H and O–H groups in total. The molecule has 0 saturated carbocycles. The Morgan fingerprint density at radius 1 is 1.23 bits per heavy atom. The topological polar surface area (TPSA) is 86.4 Å². The Hall–Kier alpha value is -3.35. The molecule has 7 nitrogen and oxygen atoms in total. The lowest BCUT2D eigenvalue weighted by Gasteiger charge is -2.09. The summed E-state index contributed by atoms with van der Waals surface area (Å²) in [6, 6.07) is 14.0. The zero-order chi connectivity index (χ0) is 18.4. The highest BCUT2D eigenvalue weighted by atomic mass is 16.5. The van der Waals surface area contributed by atoms with Crippen molar-refractivity contribution < 1.29 is 13.9 Å². The Balaban J connectivity index is 1.50. The first-order valence-electron chi connectivity index (χ1n) is 8.20. The highest BCUT2D eigenvalue weighted by molar-refractivity contribution is 5.77. The molecule has 0 atom stereocenters. The van der Waals surface area contributed by atoms with Crippen molar-refractivity contribution in [3.63, 3.8) is 0 Å². The average molecular weight is 353 g/mol. The van der Waals surface area contributed by atoms with Crippen LogP contribution in [0.2, 0.25) is 0 Å². The number of rotatable bonds is 7. The van der Waals surface area contributed by atoms with Gasteiger partial charge in [-0.1, -0.05) is 12.1 Å². The first kappa shape index (κ1) is 17.5. The first-order chi connectivity index (χ1) is 12.6. The fourth-order valence-electron chi connectivity index (χ4n) is 2.37. The highest BCUT2D eigenvalue weighted by Crippen LogP contribution is 2.15. The smallest absolute Gasteiger partial charge is 0.266 e. The quantitative estimate of drug-likeness (QED) is 0.702. The van der Waals surface area contributed by atoms with Crippen LogP contribution in [0.15, 0.2) is 64.0 Å². The van der Waals surface area contributed by atoms with Crippen LogP contribution in [-0.4, -0.2) is 28.8 Å². The van der Waals surface area contributed by atoms with Crippen LogP contribution in [0.25, 0.3) is 11.5 Å². The summed E-state index contributed by atoms with van der Waals surface area (Å²) in [7, 11) is 0. The molecule has 0 aliphatic heterocycles. The van der Waals surface area contributed by atoms with Crippen molar-refractivity contribution in [2.45, 2.75) is 13.5 Å². The third kappa shape index (κ3) is 4.60. The number of hydrogen-bond acceptors (Lipinski definition) is 5. The average Bonchev–Trinajstić information content (AvgIpc) is 3.16. The van der Waals surface area contributed by atoms with Crippen molar-refractivity contribution >= 4 is 5.91 Å². The summed E-state index contributed by atoms with van der Waals surface area (Å²) in [5, 5.41) is 6.95. The van der Waals surface area contributed by atoms with E-state index in [4.69, 9.17) is 9.15 Å². The van der Waals surface area contributed by atoms with Gasteiger partial charge in [-0.3, -0.25) is 9.59 Å². The molecule has 1 amide bonds. The van der Waals surface area contributed by atoms with Gasteiger partial charge in [0, 0.05) is 12.6 Å². The molecule has 2 aromatic heterocycles. The Morgan fingerprint density at radius 3 is 2.88 bits per heavy atom. The standard InChI is InChI=1S/C19H19N3O4/c1-14-4-2-5-15(12-14)26-13-18(23)20-9-10-22-19(24)8-7-16(21-22)17-6-3-11-25-17/h2-8,11-12H,9-10,13H2,1H3,(H,20,23). The molecule has 3 aromatic rings. The normalized spacial score (nSPS) is 10.5. The zero-order valence-corrected chi connectivity index (χ0v) is 14.3. The van der Waals surface area contributed by atoms with Gasteiger partial charge < -0.3 is 14.5 Å². The van der Waals surface area contributed by atoms with E-state index in [2.05, 4.69) is 10.4 Å². The number of ether oxygens (including phenoxy) is 1. The van der Waals surface area contributed by atoms with Gasteiger partial charge in [-0.25, -0.2) is 4.68 Å². The monoisotopic (exact) mass is 353 g/mol. The molecule has 3 rings (SSSR count). The van der Waals surface area contributed by atoms with E-state index in [0.717, 1.165) is 5.56 Å². The Kier molecular flexibility index (Phi) is 5.48. The number of nitrogens with zero attached hydrogens (tertiary/aromatic N) is 2. The van der Waals surface area contributed by atoms with Crippen molar-refractivity contribution in [1.29, 1.82) is 0 Å². The van der Waals surface area contributed by atoms with E-state index >= 15 is 0 Å². The number of hydrogen-bond donors (Lipinski definition) is 1. The van der Waals surface area contributed by atoms with Crippen LogP contribution in [0.5, 0.6) is 5.75 Å². The molecule has 0 fully saturated rings. The molecular weight excluding hydrogens is 334 g/mol. The van der Waals surface area contributed by atoms with Crippen LogP contribution in [0.4, 0.5) is 0 Å². The van der Waals surface area contributed by atoms with Gasteiger partial charge in [0.25, 0.3) is 11.5 Å². The molecule has 26 heavy (non-hydrogen) atoms. The number of nitrogens with one attached hydrogen (secondary N) is 1. The SMILES string of the molecule is Cc1cccc(OCC(=O)NCCn2nc(-c3ccco3)ccc2=O)c1. The number of carbonyl (C=O) groups excluding carboxylic acids is 1. The van der Waals surface area contributed by atoms with Gasteiger partial charge in [-0.2, -0.15) is 5.10 Å². The van der Waals surface area contributed by atoms with Gasteiger partial charge >= 0.3 is 0 Å². The molecular formula is C19H19N3O4. The van der Waals surface area contributed by atoms with Crippen LogP contribution in [0.1, 0.15) is 5.56 Å². The number of amides is 1. The molecule has 0 aliphatic rings. The number of carbonyl (C=O) groups is 1. The van der Waals surface area contributed by atoms with Crippen molar-refractivity contribution in [3.8, 4) is 17.2 Å². The highest BCUT2D eigenvalue weighted by Gasteiger charge is 2.07. The molecule has 0 radical (unpaired) electrons. The zero-order valence-electron chi connectivity index (χ0n) is 14.3.